The van der Waals surface area contributed by atoms with Crippen LogP contribution in [0.4, 0.5) is 5.69 Å². The summed E-state index contributed by atoms with van der Waals surface area (Å²) in [5.41, 5.74) is 1.71. The molecule has 5 rings (SSSR count). The molecule has 0 bridgehead atoms. The van der Waals surface area contributed by atoms with Gasteiger partial charge >= 0.3 is 0 Å². The number of rotatable bonds is 8. The maximum atomic E-state index is 13.4. The van der Waals surface area contributed by atoms with Crippen molar-refractivity contribution in [3.05, 3.63) is 47.9 Å². The molecule has 1 aliphatic heterocycles. The van der Waals surface area contributed by atoms with Gasteiger partial charge in [-0.15, -0.1) is 0 Å². The molecule has 8 heteroatoms. The zero-order valence-electron chi connectivity index (χ0n) is 20.3. The monoisotopic (exact) mass is 498 g/mol. The van der Waals surface area contributed by atoms with Gasteiger partial charge in [0.05, 0.1) is 23.0 Å². The highest BCUT2D eigenvalue weighted by molar-refractivity contribution is 7.92. The molecule has 0 spiro atoms. The molecule has 2 heterocycles. The van der Waals surface area contributed by atoms with Crippen LogP contribution in [0.25, 0.3) is 0 Å². The summed E-state index contributed by atoms with van der Waals surface area (Å²) >= 11 is 0. The molecule has 2 aliphatic carbocycles. The Morgan fingerprint density at radius 1 is 1.11 bits per heavy atom. The van der Waals surface area contributed by atoms with Crippen LogP contribution in [-0.4, -0.2) is 43.0 Å². The van der Waals surface area contributed by atoms with Gasteiger partial charge in [0.15, 0.2) is 9.84 Å². The number of nitrogens with zero attached hydrogens (tertiary/aromatic N) is 2. The topological polar surface area (TPSA) is 87.9 Å². The maximum absolute atomic E-state index is 13.4. The molecule has 2 fully saturated rings. The Kier molecular flexibility index (Phi) is 6.75. The van der Waals surface area contributed by atoms with Gasteiger partial charge in [0.1, 0.15) is 5.76 Å². The van der Waals surface area contributed by atoms with Crippen molar-refractivity contribution in [2.75, 3.05) is 11.4 Å². The Morgan fingerprint density at radius 3 is 2.57 bits per heavy atom. The molecule has 1 unspecified atom stereocenters. The molecule has 35 heavy (non-hydrogen) atoms. The summed E-state index contributed by atoms with van der Waals surface area (Å²) in [4.78, 5) is 29.8. The van der Waals surface area contributed by atoms with Crippen molar-refractivity contribution in [3.63, 3.8) is 0 Å². The van der Waals surface area contributed by atoms with Crippen molar-refractivity contribution < 1.29 is 22.4 Å². The lowest BCUT2D eigenvalue weighted by Gasteiger charge is -2.34. The lowest BCUT2D eigenvalue weighted by Crippen LogP contribution is -2.42. The van der Waals surface area contributed by atoms with Crippen LogP contribution in [-0.2, 0) is 32.4 Å². The molecular weight excluding hydrogens is 464 g/mol. The van der Waals surface area contributed by atoms with Crippen LogP contribution in [0.2, 0.25) is 0 Å². The fraction of sp³-hybridized carbons (Fsp3) is 0.556. The fourth-order valence-corrected chi connectivity index (χ4v) is 6.81. The minimum absolute atomic E-state index is 0.0666. The zero-order valence-corrected chi connectivity index (χ0v) is 21.1. The van der Waals surface area contributed by atoms with E-state index in [1.165, 1.54) is 6.42 Å². The van der Waals surface area contributed by atoms with E-state index in [0.717, 1.165) is 49.8 Å². The van der Waals surface area contributed by atoms with Crippen LogP contribution < -0.4 is 4.90 Å². The predicted molar refractivity (Wildman–Crippen MR) is 133 cm³/mol. The van der Waals surface area contributed by atoms with Gasteiger partial charge < -0.3 is 14.2 Å². The molecule has 2 saturated carbocycles. The molecule has 188 valence electrons. The van der Waals surface area contributed by atoms with Gasteiger partial charge in [0.2, 0.25) is 11.8 Å². The van der Waals surface area contributed by atoms with Crippen molar-refractivity contribution in [1.29, 1.82) is 0 Å². The highest BCUT2D eigenvalue weighted by Gasteiger charge is 2.37. The SMILES string of the molecule is CC(CC(=O)N(Cc1ccco1)C1CCCCC1)S(=O)(=O)c1ccc2c(c1)CCN2C(=O)C1CC1. The van der Waals surface area contributed by atoms with E-state index in [1.54, 1.807) is 42.4 Å². The molecule has 2 aromatic rings. The number of benzene rings is 1. The Morgan fingerprint density at radius 2 is 1.89 bits per heavy atom. The summed E-state index contributed by atoms with van der Waals surface area (Å²) in [7, 11) is -3.70. The van der Waals surface area contributed by atoms with E-state index < -0.39 is 15.1 Å². The van der Waals surface area contributed by atoms with Crippen LogP contribution in [0.5, 0.6) is 0 Å². The molecule has 7 nitrogen and oxygen atoms in total. The average Bonchev–Trinajstić information content (AvgIpc) is 3.42. The van der Waals surface area contributed by atoms with Crippen molar-refractivity contribution in [1.82, 2.24) is 4.90 Å². The number of carbonyl (C=O) groups is 2. The Hall–Kier alpha value is -2.61. The minimum atomic E-state index is -3.70. The highest BCUT2D eigenvalue weighted by atomic mass is 32.2. The lowest BCUT2D eigenvalue weighted by molar-refractivity contribution is -0.135. The van der Waals surface area contributed by atoms with E-state index in [-0.39, 0.29) is 35.1 Å². The number of hydrogen-bond donors (Lipinski definition) is 0. The summed E-state index contributed by atoms with van der Waals surface area (Å²) in [5.74, 6) is 0.844. The van der Waals surface area contributed by atoms with Gasteiger partial charge in [-0.3, -0.25) is 9.59 Å². The molecule has 1 aromatic carbocycles. The van der Waals surface area contributed by atoms with Crippen molar-refractivity contribution in [3.8, 4) is 0 Å². The smallest absolute Gasteiger partial charge is 0.230 e. The first kappa shape index (κ1) is 24.1. The van der Waals surface area contributed by atoms with E-state index in [2.05, 4.69) is 0 Å². The van der Waals surface area contributed by atoms with Gasteiger partial charge in [-0.05, 0) is 74.9 Å². The molecule has 0 saturated heterocycles. The van der Waals surface area contributed by atoms with Crippen LogP contribution in [0.15, 0.2) is 45.9 Å². The molecule has 0 N–H and O–H groups in total. The predicted octanol–water partition coefficient (Wildman–Crippen LogP) is 4.49. The Bertz CT molecular complexity index is 1180. The van der Waals surface area contributed by atoms with E-state index in [9.17, 15) is 18.0 Å². The fourth-order valence-electron chi connectivity index (χ4n) is 5.42. The van der Waals surface area contributed by atoms with Crippen LogP contribution >= 0.6 is 0 Å². The third kappa shape index (κ3) is 5.03. The third-order valence-electron chi connectivity index (χ3n) is 7.70. The van der Waals surface area contributed by atoms with Crippen molar-refractivity contribution >= 4 is 27.3 Å². The van der Waals surface area contributed by atoms with Crippen LogP contribution in [0, 0.1) is 5.92 Å². The number of carbonyl (C=O) groups excluding carboxylic acids is 2. The van der Waals surface area contributed by atoms with Gasteiger partial charge in [0.25, 0.3) is 0 Å². The number of furan rings is 1. The number of fused-ring (bicyclic) bond motifs is 1. The van der Waals surface area contributed by atoms with E-state index >= 15 is 0 Å². The number of anilines is 1. The first-order valence-corrected chi connectivity index (χ1v) is 14.4. The molecular formula is C27H34N2O5S. The standard InChI is InChI=1S/C27H34N2O5S/c1-19(16-26(30)29(18-23-8-5-15-34-23)22-6-3-2-4-7-22)35(32,33)24-11-12-25-21(17-24)13-14-28(25)27(31)20-9-10-20/h5,8,11-12,15,17,19-20,22H,2-4,6-7,9-10,13-14,16,18H2,1H3. The number of amides is 2. The quantitative estimate of drug-likeness (QED) is 0.535. The molecule has 3 aliphatic rings. The summed E-state index contributed by atoms with van der Waals surface area (Å²) in [5, 5.41) is -0.846. The van der Waals surface area contributed by atoms with E-state index in [4.69, 9.17) is 4.42 Å². The largest absolute Gasteiger partial charge is 0.467 e. The maximum Gasteiger partial charge on any atom is 0.230 e. The van der Waals surface area contributed by atoms with Crippen LogP contribution in [0.1, 0.15) is 69.6 Å². The summed E-state index contributed by atoms with van der Waals surface area (Å²) in [6, 6.07) is 8.83. The second-order valence-electron chi connectivity index (χ2n) is 10.3. The van der Waals surface area contributed by atoms with Crippen LogP contribution in [0.3, 0.4) is 0 Å². The average molecular weight is 499 g/mol. The molecule has 1 atom stereocenters. The molecule has 0 radical (unpaired) electrons. The molecule has 1 aromatic heterocycles. The summed E-state index contributed by atoms with van der Waals surface area (Å²) in [6.07, 6.45) is 9.28. The van der Waals surface area contributed by atoms with Crippen molar-refractivity contribution in [2.45, 2.75) is 87.4 Å². The first-order valence-electron chi connectivity index (χ1n) is 12.8. The van der Waals surface area contributed by atoms with Crippen molar-refractivity contribution in [2.24, 2.45) is 5.92 Å². The Balaban J connectivity index is 1.31. The normalized spacial score (nSPS) is 19.4. The van der Waals surface area contributed by atoms with Gasteiger partial charge in [-0.25, -0.2) is 8.42 Å². The second kappa shape index (κ2) is 9.80. The lowest BCUT2D eigenvalue weighted by atomic mass is 9.93. The highest BCUT2D eigenvalue weighted by Crippen LogP contribution is 2.37. The number of hydrogen-bond acceptors (Lipinski definition) is 5. The van der Waals surface area contributed by atoms with Gasteiger partial charge in [0, 0.05) is 30.6 Å². The van der Waals surface area contributed by atoms with E-state index in [1.807, 2.05) is 11.0 Å². The van der Waals surface area contributed by atoms with E-state index in [0.29, 0.717) is 25.3 Å². The number of sulfone groups is 1. The Labute approximate surface area is 207 Å². The minimum Gasteiger partial charge on any atom is -0.467 e. The summed E-state index contributed by atoms with van der Waals surface area (Å²) in [6.45, 7) is 2.59. The first-order chi connectivity index (χ1) is 16.8. The van der Waals surface area contributed by atoms with Gasteiger partial charge in [-0.1, -0.05) is 19.3 Å². The second-order valence-corrected chi connectivity index (χ2v) is 12.6. The third-order valence-corrected chi connectivity index (χ3v) is 9.84. The molecule has 2 amide bonds. The van der Waals surface area contributed by atoms with Gasteiger partial charge in [-0.2, -0.15) is 0 Å². The zero-order chi connectivity index (χ0) is 24.6. The summed E-state index contributed by atoms with van der Waals surface area (Å²) < 4.78 is 32.4.